The second-order valence-corrected chi connectivity index (χ2v) is 8.39. The number of carbonyl (C=O) groups excluding carboxylic acids is 1. The van der Waals surface area contributed by atoms with Crippen LogP contribution >= 0.6 is 23.1 Å². The van der Waals surface area contributed by atoms with Gasteiger partial charge in [0, 0.05) is 27.7 Å². The Morgan fingerprint density at radius 2 is 1.82 bits per heavy atom. The van der Waals surface area contributed by atoms with Crippen molar-refractivity contribution < 1.29 is 4.79 Å². The first-order chi connectivity index (χ1) is 13.6. The van der Waals surface area contributed by atoms with Crippen LogP contribution in [0.5, 0.6) is 0 Å². The Morgan fingerprint density at radius 3 is 2.50 bits per heavy atom. The Labute approximate surface area is 171 Å². The average molecular weight is 407 g/mol. The van der Waals surface area contributed by atoms with Crippen molar-refractivity contribution in [3.63, 3.8) is 0 Å². The van der Waals surface area contributed by atoms with E-state index in [1.165, 1.54) is 11.3 Å². The standard InChI is InChI=1S/C21H18N4OS2/c1-14-12-19(15(2)25(14)17-6-4-3-5-7-17)20(26)23-16-8-10-18(11-9-16)28-21-24-22-13-27-21/h3-13H,1-2H3,(H,23,26). The number of amides is 1. The van der Waals surface area contributed by atoms with E-state index in [0.717, 1.165) is 32.0 Å². The van der Waals surface area contributed by atoms with Crippen LogP contribution in [0.3, 0.4) is 0 Å². The van der Waals surface area contributed by atoms with Crippen molar-refractivity contribution in [1.29, 1.82) is 0 Å². The van der Waals surface area contributed by atoms with Crippen LogP contribution in [0.1, 0.15) is 21.7 Å². The number of hydrogen-bond donors (Lipinski definition) is 1. The van der Waals surface area contributed by atoms with Crippen molar-refractivity contribution in [3.8, 4) is 5.69 Å². The van der Waals surface area contributed by atoms with Crippen molar-refractivity contribution in [2.75, 3.05) is 5.32 Å². The summed E-state index contributed by atoms with van der Waals surface area (Å²) in [6.45, 7) is 3.98. The zero-order chi connectivity index (χ0) is 19.5. The van der Waals surface area contributed by atoms with Crippen LogP contribution in [0.15, 0.2) is 75.4 Å². The first-order valence-electron chi connectivity index (χ1n) is 8.71. The highest BCUT2D eigenvalue weighted by molar-refractivity contribution is 8.01. The molecule has 5 nitrogen and oxygen atoms in total. The summed E-state index contributed by atoms with van der Waals surface area (Å²) < 4.78 is 2.99. The maximum absolute atomic E-state index is 12.8. The molecule has 0 bridgehead atoms. The van der Waals surface area contributed by atoms with Gasteiger partial charge < -0.3 is 9.88 Å². The molecule has 28 heavy (non-hydrogen) atoms. The summed E-state index contributed by atoms with van der Waals surface area (Å²) in [5.41, 5.74) is 6.14. The lowest BCUT2D eigenvalue weighted by molar-refractivity contribution is 0.102. The number of nitrogens with zero attached hydrogens (tertiary/aromatic N) is 3. The van der Waals surface area contributed by atoms with Crippen LogP contribution in [-0.2, 0) is 0 Å². The van der Waals surface area contributed by atoms with Crippen molar-refractivity contribution in [1.82, 2.24) is 14.8 Å². The van der Waals surface area contributed by atoms with Crippen LogP contribution in [0.25, 0.3) is 5.69 Å². The fraction of sp³-hybridized carbons (Fsp3) is 0.0952. The number of para-hydroxylation sites is 1. The van der Waals surface area contributed by atoms with Crippen LogP contribution < -0.4 is 5.32 Å². The van der Waals surface area contributed by atoms with Gasteiger partial charge in [-0.2, -0.15) is 0 Å². The minimum absolute atomic E-state index is 0.111. The fourth-order valence-corrected chi connectivity index (χ4v) is 4.53. The third kappa shape index (κ3) is 3.85. The van der Waals surface area contributed by atoms with Gasteiger partial charge in [-0.25, -0.2) is 0 Å². The molecule has 0 saturated heterocycles. The largest absolute Gasteiger partial charge is 0.322 e. The zero-order valence-corrected chi connectivity index (χ0v) is 17.1. The molecule has 0 atom stereocenters. The Kier molecular flexibility index (Phi) is 5.27. The molecular formula is C21H18N4OS2. The number of aryl methyl sites for hydroxylation is 1. The van der Waals surface area contributed by atoms with Crippen LogP contribution in [-0.4, -0.2) is 20.7 Å². The molecular weight excluding hydrogens is 388 g/mol. The Morgan fingerprint density at radius 1 is 1.07 bits per heavy atom. The minimum atomic E-state index is -0.111. The average Bonchev–Trinajstić information content (AvgIpc) is 3.31. The van der Waals surface area contributed by atoms with Gasteiger partial charge in [0.15, 0.2) is 4.34 Å². The van der Waals surface area contributed by atoms with Crippen molar-refractivity contribution >= 4 is 34.7 Å². The molecule has 0 spiro atoms. The summed E-state index contributed by atoms with van der Waals surface area (Å²) in [5, 5.41) is 10.9. The lowest BCUT2D eigenvalue weighted by Gasteiger charge is -2.10. The number of hydrogen-bond acceptors (Lipinski definition) is 5. The quantitative estimate of drug-likeness (QED) is 0.485. The van der Waals surface area contributed by atoms with E-state index in [-0.39, 0.29) is 5.91 Å². The normalized spacial score (nSPS) is 10.8. The second-order valence-electron chi connectivity index (χ2n) is 6.24. The summed E-state index contributed by atoms with van der Waals surface area (Å²) in [6, 6.07) is 19.7. The number of carbonyl (C=O) groups is 1. The summed E-state index contributed by atoms with van der Waals surface area (Å²) in [4.78, 5) is 13.9. The molecule has 0 fully saturated rings. The molecule has 0 radical (unpaired) electrons. The predicted molar refractivity (Wildman–Crippen MR) is 114 cm³/mol. The fourth-order valence-electron chi connectivity index (χ4n) is 3.08. The first kappa shape index (κ1) is 18.5. The minimum Gasteiger partial charge on any atom is -0.322 e. The highest BCUT2D eigenvalue weighted by Crippen LogP contribution is 2.29. The molecule has 2 aromatic carbocycles. The lowest BCUT2D eigenvalue weighted by atomic mass is 10.2. The maximum atomic E-state index is 12.8. The first-order valence-corrected chi connectivity index (χ1v) is 10.4. The predicted octanol–water partition coefficient (Wildman–Crippen LogP) is 5.35. The van der Waals surface area contributed by atoms with Crippen molar-refractivity contribution in [2.24, 2.45) is 0 Å². The molecule has 2 aromatic heterocycles. The Bertz CT molecular complexity index is 1090. The van der Waals surface area contributed by atoms with E-state index in [0.29, 0.717) is 5.56 Å². The second kappa shape index (κ2) is 8.00. The number of anilines is 1. The summed E-state index contributed by atoms with van der Waals surface area (Å²) >= 11 is 3.05. The molecule has 4 rings (SSSR count). The molecule has 4 aromatic rings. The molecule has 0 unspecified atom stereocenters. The third-order valence-electron chi connectivity index (χ3n) is 4.35. The Hall–Kier alpha value is -2.90. The molecule has 7 heteroatoms. The van der Waals surface area contributed by atoms with E-state index in [4.69, 9.17) is 0 Å². The van der Waals surface area contributed by atoms with E-state index in [2.05, 4.69) is 20.1 Å². The molecule has 0 aliphatic rings. The van der Waals surface area contributed by atoms with E-state index in [1.54, 1.807) is 17.3 Å². The SMILES string of the molecule is Cc1cc(C(=O)Nc2ccc(Sc3nncs3)cc2)c(C)n1-c1ccccc1. The molecule has 1 N–H and O–H groups in total. The van der Waals surface area contributed by atoms with Crippen LogP contribution in [0.2, 0.25) is 0 Å². The van der Waals surface area contributed by atoms with Crippen molar-refractivity contribution in [2.45, 2.75) is 23.1 Å². The highest BCUT2D eigenvalue weighted by Gasteiger charge is 2.16. The highest BCUT2D eigenvalue weighted by atomic mass is 32.2. The van der Waals surface area contributed by atoms with Gasteiger partial charge in [-0.1, -0.05) is 41.3 Å². The van der Waals surface area contributed by atoms with Gasteiger partial charge in [0.05, 0.1) is 5.56 Å². The number of rotatable bonds is 5. The van der Waals surface area contributed by atoms with Gasteiger partial charge in [-0.15, -0.1) is 10.2 Å². The van der Waals surface area contributed by atoms with Crippen LogP contribution in [0.4, 0.5) is 5.69 Å². The zero-order valence-electron chi connectivity index (χ0n) is 15.4. The van der Waals surface area contributed by atoms with Gasteiger partial charge in [-0.3, -0.25) is 4.79 Å². The molecule has 140 valence electrons. The molecule has 2 heterocycles. The summed E-state index contributed by atoms with van der Waals surface area (Å²) in [6.07, 6.45) is 0. The number of aromatic nitrogens is 3. The molecule has 1 amide bonds. The summed E-state index contributed by atoms with van der Waals surface area (Å²) in [7, 11) is 0. The third-order valence-corrected chi connectivity index (χ3v) is 6.13. The monoisotopic (exact) mass is 406 g/mol. The van der Waals surface area contributed by atoms with E-state index in [1.807, 2.05) is 74.5 Å². The van der Waals surface area contributed by atoms with E-state index < -0.39 is 0 Å². The van der Waals surface area contributed by atoms with Crippen LogP contribution in [0, 0.1) is 13.8 Å². The smallest absolute Gasteiger partial charge is 0.257 e. The van der Waals surface area contributed by atoms with E-state index >= 15 is 0 Å². The maximum Gasteiger partial charge on any atom is 0.257 e. The topological polar surface area (TPSA) is 59.8 Å². The van der Waals surface area contributed by atoms with Gasteiger partial charge >= 0.3 is 0 Å². The van der Waals surface area contributed by atoms with Gasteiger partial charge in [0.1, 0.15) is 5.51 Å². The molecule has 0 aliphatic heterocycles. The summed E-state index contributed by atoms with van der Waals surface area (Å²) in [5.74, 6) is -0.111. The van der Waals surface area contributed by atoms with Crippen molar-refractivity contribution in [3.05, 3.63) is 83.1 Å². The lowest BCUT2D eigenvalue weighted by Crippen LogP contribution is -2.13. The van der Waals surface area contributed by atoms with E-state index in [9.17, 15) is 4.79 Å². The van der Waals surface area contributed by atoms with Gasteiger partial charge in [0.2, 0.25) is 0 Å². The molecule has 0 saturated carbocycles. The number of benzene rings is 2. The Balaban J connectivity index is 1.51. The molecule has 0 aliphatic carbocycles. The number of nitrogens with one attached hydrogen (secondary N) is 1. The van der Waals surface area contributed by atoms with Gasteiger partial charge in [-0.05, 0) is 56.3 Å². The van der Waals surface area contributed by atoms with Gasteiger partial charge in [0.25, 0.3) is 5.91 Å².